The molecule has 0 amide bonds. The Bertz CT molecular complexity index is 501. The standard InChI is InChI=1S/C12H16O3S/c1-9(2)4-6-11-8-10(3)5-7-12(11)16(13,14)15/h5,7-8H,1,4,6H2,2-3H3,(H,13,14,15). The minimum atomic E-state index is -4.13. The Hall–Kier alpha value is -1.13. The molecule has 4 heteroatoms. The molecule has 0 aliphatic carbocycles. The molecule has 0 fully saturated rings. The van der Waals surface area contributed by atoms with Crippen LogP contribution in [-0.2, 0) is 16.5 Å². The molecule has 88 valence electrons. The summed E-state index contributed by atoms with van der Waals surface area (Å²) in [7, 11) is -4.13. The lowest BCUT2D eigenvalue weighted by Gasteiger charge is -2.08. The van der Waals surface area contributed by atoms with E-state index >= 15 is 0 Å². The van der Waals surface area contributed by atoms with Gasteiger partial charge in [0.1, 0.15) is 0 Å². The maximum atomic E-state index is 11.1. The van der Waals surface area contributed by atoms with Gasteiger partial charge in [0.25, 0.3) is 10.1 Å². The van der Waals surface area contributed by atoms with Gasteiger partial charge in [-0.05, 0) is 38.3 Å². The van der Waals surface area contributed by atoms with Crippen molar-refractivity contribution in [1.29, 1.82) is 0 Å². The third-order valence-electron chi connectivity index (χ3n) is 2.32. The summed E-state index contributed by atoms with van der Waals surface area (Å²) in [4.78, 5) is -0.000602. The fourth-order valence-corrected chi connectivity index (χ4v) is 2.24. The van der Waals surface area contributed by atoms with Crippen molar-refractivity contribution in [2.45, 2.75) is 31.6 Å². The molecule has 1 aromatic carbocycles. The summed E-state index contributed by atoms with van der Waals surface area (Å²) in [5, 5.41) is 0. The van der Waals surface area contributed by atoms with E-state index in [0.29, 0.717) is 18.4 Å². The number of aryl methyl sites for hydroxylation is 2. The zero-order chi connectivity index (χ0) is 12.3. The fourth-order valence-electron chi connectivity index (χ4n) is 1.50. The van der Waals surface area contributed by atoms with Crippen LogP contribution in [0.4, 0.5) is 0 Å². The van der Waals surface area contributed by atoms with Crippen molar-refractivity contribution in [3.8, 4) is 0 Å². The molecule has 0 saturated carbocycles. The first-order chi connectivity index (χ1) is 7.30. The maximum Gasteiger partial charge on any atom is 0.294 e. The summed E-state index contributed by atoms with van der Waals surface area (Å²) < 4.78 is 31.4. The third-order valence-corrected chi connectivity index (χ3v) is 3.27. The Morgan fingerprint density at radius 3 is 2.56 bits per heavy atom. The summed E-state index contributed by atoms with van der Waals surface area (Å²) in [5.41, 5.74) is 2.61. The van der Waals surface area contributed by atoms with Gasteiger partial charge in [-0.3, -0.25) is 4.55 Å². The van der Waals surface area contributed by atoms with Crippen LogP contribution in [0.5, 0.6) is 0 Å². The molecular weight excluding hydrogens is 224 g/mol. The van der Waals surface area contributed by atoms with Gasteiger partial charge in [-0.2, -0.15) is 8.42 Å². The van der Waals surface area contributed by atoms with Crippen LogP contribution in [-0.4, -0.2) is 13.0 Å². The molecule has 0 saturated heterocycles. The Morgan fingerprint density at radius 1 is 1.44 bits per heavy atom. The summed E-state index contributed by atoms with van der Waals surface area (Å²) in [6, 6.07) is 4.90. The van der Waals surface area contributed by atoms with E-state index in [-0.39, 0.29) is 4.90 Å². The number of allylic oxidation sites excluding steroid dienone is 1. The average Bonchev–Trinajstić information content (AvgIpc) is 2.12. The van der Waals surface area contributed by atoms with Gasteiger partial charge in [0.2, 0.25) is 0 Å². The van der Waals surface area contributed by atoms with Crippen LogP contribution in [0.2, 0.25) is 0 Å². The average molecular weight is 240 g/mol. The van der Waals surface area contributed by atoms with Gasteiger partial charge < -0.3 is 0 Å². The normalized spacial score (nSPS) is 11.4. The van der Waals surface area contributed by atoms with Gasteiger partial charge in [-0.15, -0.1) is 6.58 Å². The lowest BCUT2D eigenvalue weighted by atomic mass is 10.0. The van der Waals surface area contributed by atoms with Crippen LogP contribution in [0.25, 0.3) is 0 Å². The number of hydrogen-bond acceptors (Lipinski definition) is 2. The zero-order valence-electron chi connectivity index (χ0n) is 9.53. The van der Waals surface area contributed by atoms with Gasteiger partial charge >= 0.3 is 0 Å². The van der Waals surface area contributed by atoms with Crippen LogP contribution in [0.15, 0.2) is 35.2 Å². The number of hydrogen-bond donors (Lipinski definition) is 1. The van der Waals surface area contributed by atoms with E-state index in [0.717, 1.165) is 11.1 Å². The molecule has 0 radical (unpaired) electrons. The number of rotatable bonds is 4. The monoisotopic (exact) mass is 240 g/mol. The van der Waals surface area contributed by atoms with E-state index in [1.807, 2.05) is 13.8 Å². The van der Waals surface area contributed by atoms with Crippen LogP contribution in [0.3, 0.4) is 0 Å². The maximum absolute atomic E-state index is 11.1. The van der Waals surface area contributed by atoms with Crippen molar-refractivity contribution >= 4 is 10.1 Å². The first kappa shape index (κ1) is 12.9. The van der Waals surface area contributed by atoms with E-state index in [1.54, 1.807) is 12.1 Å². The van der Waals surface area contributed by atoms with Crippen molar-refractivity contribution in [2.24, 2.45) is 0 Å². The van der Waals surface area contributed by atoms with Crippen molar-refractivity contribution in [1.82, 2.24) is 0 Å². The van der Waals surface area contributed by atoms with E-state index in [2.05, 4.69) is 6.58 Å². The second-order valence-electron chi connectivity index (χ2n) is 4.04. The van der Waals surface area contributed by atoms with Crippen molar-refractivity contribution in [2.75, 3.05) is 0 Å². The SMILES string of the molecule is C=C(C)CCc1cc(C)ccc1S(=O)(=O)O. The summed E-state index contributed by atoms with van der Waals surface area (Å²) in [6.07, 6.45) is 1.29. The molecule has 0 aliphatic rings. The zero-order valence-corrected chi connectivity index (χ0v) is 10.3. The van der Waals surface area contributed by atoms with Gasteiger partial charge in [-0.1, -0.05) is 23.3 Å². The molecule has 1 aromatic rings. The molecule has 0 heterocycles. The van der Waals surface area contributed by atoms with Crippen LogP contribution in [0.1, 0.15) is 24.5 Å². The van der Waals surface area contributed by atoms with E-state index in [1.165, 1.54) is 6.07 Å². The molecule has 0 unspecified atom stereocenters. The second-order valence-corrected chi connectivity index (χ2v) is 5.43. The van der Waals surface area contributed by atoms with E-state index in [9.17, 15) is 8.42 Å². The molecule has 1 rings (SSSR count). The summed E-state index contributed by atoms with van der Waals surface area (Å²) >= 11 is 0. The molecule has 1 N–H and O–H groups in total. The summed E-state index contributed by atoms with van der Waals surface area (Å²) in [6.45, 7) is 7.55. The second kappa shape index (κ2) is 4.80. The van der Waals surface area contributed by atoms with E-state index < -0.39 is 10.1 Å². The van der Waals surface area contributed by atoms with Gasteiger partial charge in [-0.25, -0.2) is 0 Å². The lowest BCUT2D eigenvalue weighted by Crippen LogP contribution is -2.03. The first-order valence-corrected chi connectivity index (χ1v) is 6.46. The fraction of sp³-hybridized carbons (Fsp3) is 0.333. The van der Waals surface area contributed by atoms with Crippen LogP contribution in [0, 0.1) is 6.92 Å². The minimum absolute atomic E-state index is 0.000602. The Kier molecular flexibility index (Phi) is 3.88. The van der Waals surface area contributed by atoms with Crippen molar-refractivity contribution in [3.63, 3.8) is 0 Å². The van der Waals surface area contributed by atoms with Crippen molar-refractivity contribution in [3.05, 3.63) is 41.5 Å². The lowest BCUT2D eigenvalue weighted by molar-refractivity contribution is 0.482. The quantitative estimate of drug-likeness (QED) is 0.650. The third kappa shape index (κ3) is 3.47. The minimum Gasteiger partial charge on any atom is -0.282 e. The molecule has 0 aromatic heterocycles. The van der Waals surface area contributed by atoms with Gasteiger partial charge in [0.15, 0.2) is 0 Å². The Morgan fingerprint density at radius 2 is 2.06 bits per heavy atom. The predicted molar refractivity (Wildman–Crippen MR) is 64.1 cm³/mol. The highest BCUT2D eigenvalue weighted by molar-refractivity contribution is 7.85. The molecule has 0 aliphatic heterocycles. The van der Waals surface area contributed by atoms with Gasteiger partial charge in [0.05, 0.1) is 4.90 Å². The molecule has 0 spiro atoms. The Labute approximate surface area is 96.6 Å². The van der Waals surface area contributed by atoms with Crippen molar-refractivity contribution < 1.29 is 13.0 Å². The summed E-state index contributed by atoms with van der Waals surface area (Å²) in [5.74, 6) is 0. The topological polar surface area (TPSA) is 54.4 Å². The van der Waals surface area contributed by atoms with Crippen LogP contribution < -0.4 is 0 Å². The number of benzene rings is 1. The molecule has 3 nitrogen and oxygen atoms in total. The molecule has 0 atom stereocenters. The van der Waals surface area contributed by atoms with E-state index in [4.69, 9.17) is 4.55 Å². The molecule has 0 bridgehead atoms. The molecule has 16 heavy (non-hydrogen) atoms. The van der Waals surface area contributed by atoms with Crippen LogP contribution >= 0.6 is 0 Å². The Balaban J connectivity index is 3.14. The predicted octanol–water partition coefficient (Wildman–Crippen LogP) is 2.75. The largest absolute Gasteiger partial charge is 0.294 e. The smallest absolute Gasteiger partial charge is 0.282 e. The molecular formula is C12H16O3S. The first-order valence-electron chi connectivity index (χ1n) is 5.02. The highest BCUT2D eigenvalue weighted by Gasteiger charge is 2.14. The highest BCUT2D eigenvalue weighted by atomic mass is 32.2. The van der Waals surface area contributed by atoms with Gasteiger partial charge in [0, 0.05) is 0 Å². The highest BCUT2D eigenvalue weighted by Crippen LogP contribution is 2.19.